The van der Waals surface area contributed by atoms with Crippen LogP contribution in [0.4, 0.5) is 0 Å². The van der Waals surface area contributed by atoms with Crippen LogP contribution >= 0.6 is 0 Å². The number of aliphatic hydroxyl groups is 1. The third kappa shape index (κ3) is 10.7. The number of carbonyl (C=O) groups is 4. The number of methoxy groups -OCH3 is 1. The molecule has 5 aliphatic heterocycles. The van der Waals surface area contributed by atoms with E-state index in [0.717, 1.165) is 59.7 Å². The summed E-state index contributed by atoms with van der Waals surface area (Å²) >= 11 is 0. The first-order chi connectivity index (χ1) is 31.5. The van der Waals surface area contributed by atoms with E-state index in [0.29, 0.717) is 69.1 Å². The lowest BCUT2D eigenvalue weighted by molar-refractivity contribution is -0.153. The number of hydrogen-bond acceptors (Lipinski definition) is 11. The predicted octanol–water partition coefficient (Wildman–Crippen LogP) is 10.8. The number of esters is 2. The fraction of sp³-hybridized carbons (Fsp3) is 0.527. The lowest BCUT2D eigenvalue weighted by Gasteiger charge is -2.22. The first kappa shape index (κ1) is 50.0. The third-order valence-corrected chi connectivity index (χ3v) is 14.2. The number of carbonyl (C=O) groups excluding carboxylic acids is 4. The molecule has 0 radical (unpaired) electrons. The largest absolute Gasteiger partial charge is 0.468 e. The monoisotopic (exact) mass is 899 g/mol. The Hall–Kier alpha value is -5.42. The molecule has 11 heteroatoms. The second-order valence-electron chi connectivity index (χ2n) is 19.5. The molecule has 8 bridgehead atoms. The Kier molecular flexibility index (Phi) is 16.6. The van der Waals surface area contributed by atoms with Crippen LogP contribution in [0.15, 0.2) is 124 Å². The number of aldehydes is 1. The van der Waals surface area contributed by atoms with Crippen LogP contribution in [0, 0.1) is 35.5 Å². The van der Waals surface area contributed by atoms with Crippen LogP contribution in [0.1, 0.15) is 133 Å². The Morgan fingerprint density at radius 1 is 0.864 bits per heavy atom. The van der Waals surface area contributed by atoms with Crippen molar-refractivity contribution in [2.45, 2.75) is 139 Å². The molecule has 1 aliphatic carbocycles. The SMILES string of the molecule is C=CC1=C(C)C2=CC3=NC(=C4C5=NC(=CC6=NC(=CC1=N2)C(C=O)=C6CC)C(C)=C5C(=O)C4C(=O)OC)C(CC(O)C(=O)OCC=C(C)CCCC(C)CCCC(C)CCCC(C)C)C3C. The molecule has 6 unspecified atom stereocenters. The first-order valence-corrected chi connectivity index (χ1v) is 24.1. The Bertz CT molecular complexity index is 2420. The highest BCUT2D eigenvalue weighted by Crippen LogP contribution is 2.47. The smallest absolute Gasteiger partial charge is 0.335 e. The molecule has 0 aromatic heterocycles. The van der Waals surface area contributed by atoms with Gasteiger partial charge in [-0.2, -0.15) is 0 Å². The molecule has 6 atom stereocenters. The van der Waals surface area contributed by atoms with Crippen molar-refractivity contribution in [1.82, 2.24) is 0 Å². The molecule has 0 spiro atoms. The third-order valence-electron chi connectivity index (χ3n) is 14.2. The molecular formula is C55H70N4O7. The summed E-state index contributed by atoms with van der Waals surface area (Å²) in [5, 5.41) is 11.5. The van der Waals surface area contributed by atoms with Crippen molar-refractivity contribution < 1.29 is 33.8 Å². The Balaban J connectivity index is 1.24. The van der Waals surface area contributed by atoms with Gasteiger partial charge in [0.15, 0.2) is 18.2 Å². The minimum atomic E-state index is -1.53. The molecule has 6 aliphatic rings. The highest BCUT2D eigenvalue weighted by atomic mass is 16.5. The summed E-state index contributed by atoms with van der Waals surface area (Å²) in [6, 6.07) is 0. The van der Waals surface area contributed by atoms with Gasteiger partial charge in [0, 0.05) is 39.8 Å². The summed E-state index contributed by atoms with van der Waals surface area (Å²) in [7, 11) is 1.23. The van der Waals surface area contributed by atoms with Crippen LogP contribution in [-0.2, 0) is 28.7 Å². The average Bonchev–Trinajstić information content (AvgIpc) is 4.03. The number of fused-ring (bicyclic) bond motifs is 4. The highest BCUT2D eigenvalue weighted by Gasteiger charge is 2.52. The van der Waals surface area contributed by atoms with E-state index < -0.39 is 41.6 Å². The Morgan fingerprint density at radius 2 is 1.50 bits per heavy atom. The second-order valence-corrected chi connectivity index (χ2v) is 19.5. The number of Topliss-reactive ketones (excluding diaryl/α,β-unsaturated/α-hetero) is 1. The number of rotatable bonds is 21. The topological polar surface area (TPSA) is 156 Å². The standard InChI is InChI=1S/C55H70N4O7/c1-12-37-34(8)41-26-42-35(9)39(25-47(61)54(63)66-24-23-33(7)22-16-21-32(6)20-15-19-31(5)18-14-17-30(3)4)51(58-42)49-50(55(64)65-11)53(62)48-36(10)43(59-52(48)49)27-45-38(13-2)40(29-60)46(57-45)28-44(37)56-41/h12,23,26-32,35,39,47,50,61H,1,13-22,24-25H2,2-11H3. The van der Waals surface area contributed by atoms with Crippen LogP contribution in [-0.4, -0.2) is 71.8 Å². The Morgan fingerprint density at radius 3 is 2.14 bits per heavy atom. The van der Waals surface area contributed by atoms with Gasteiger partial charge in [0.2, 0.25) is 0 Å². The number of ether oxygens (including phenoxy) is 2. The van der Waals surface area contributed by atoms with Gasteiger partial charge in [-0.1, -0.05) is 105 Å². The van der Waals surface area contributed by atoms with E-state index >= 15 is 0 Å². The normalized spacial score (nSPS) is 22.8. The van der Waals surface area contributed by atoms with Crippen molar-refractivity contribution in [3.05, 3.63) is 104 Å². The molecule has 11 nitrogen and oxygen atoms in total. The number of nitrogens with zero attached hydrogens (tertiary/aromatic N) is 4. The molecule has 0 saturated heterocycles. The van der Waals surface area contributed by atoms with Crippen molar-refractivity contribution in [1.29, 1.82) is 0 Å². The fourth-order valence-corrected chi connectivity index (χ4v) is 10.0. The quantitative estimate of drug-likeness (QED) is 0.0520. The molecule has 6 rings (SSSR count). The van der Waals surface area contributed by atoms with Gasteiger partial charge in [0.05, 0.1) is 47.0 Å². The van der Waals surface area contributed by atoms with E-state index in [2.05, 4.69) is 34.3 Å². The molecule has 5 heterocycles. The van der Waals surface area contributed by atoms with Crippen molar-refractivity contribution in [2.24, 2.45) is 55.5 Å². The van der Waals surface area contributed by atoms with Gasteiger partial charge >= 0.3 is 11.9 Å². The van der Waals surface area contributed by atoms with Crippen molar-refractivity contribution in [3.8, 4) is 0 Å². The van der Waals surface area contributed by atoms with E-state index in [1.165, 1.54) is 45.6 Å². The summed E-state index contributed by atoms with van der Waals surface area (Å²) in [6.45, 7) is 23.0. The number of aliphatic hydroxyl groups excluding tert-OH is 1. The lowest BCUT2D eigenvalue weighted by Crippen LogP contribution is -2.30. The van der Waals surface area contributed by atoms with Gasteiger partial charge in [-0.25, -0.2) is 19.8 Å². The molecule has 1 fully saturated rings. The second kappa shape index (κ2) is 21.9. The van der Waals surface area contributed by atoms with Gasteiger partial charge in [-0.3, -0.25) is 19.4 Å². The van der Waals surface area contributed by atoms with E-state index in [1.54, 1.807) is 25.2 Å². The number of aliphatic imine (C=N–C) groups is 4. The zero-order valence-electron chi connectivity index (χ0n) is 40.9. The van der Waals surface area contributed by atoms with Gasteiger partial charge < -0.3 is 14.6 Å². The minimum Gasteiger partial charge on any atom is -0.468 e. The maximum Gasteiger partial charge on any atom is 0.335 e. The maximum absolute atomic E-state index is 14.4. The summed E-state index contributed by atoms with van der Waals surface area (Å²) in [4.78, 5) is 74.0. The number of hydrogen-bond donors (Lipinski definition) is 1. The Labute approximate surface area is 391 Å². The van der Waals surface area contributed by atoms with Crippen LogP contribution in [0.3, 0.4) is 0 Å². The summed E-state index contributed by atoms with van der Waals surface area (Å²) in [6.07, 6.45) is 19.6. The van der Waals surface area contributed by atoms with Crippen LogP contribution < -0.4 is 0 Å². The van der Waals surface area contributed by atoms with E-state index in [-0.39, 0.29) is 24.2 Å². The zero-order valence-corrected chi connectivity index (χ0v) is 40.9. The van der Waals surface area contributed by atoms with Crippen LogP contribution in [0.25, 0.3) is 0 Å². The lowest BCUT2D eigenvalue weighted by atomic mass is 9.82. The van der Waals surface area contributed by atoms with Crippen molar-refractivity contribution in [3.63, 3.8) is 0 Å². The molecule has 1 saturated carbocycles. The molecule has 0 aromatic carbocycles. The molecule has 0 amide bonds. The first-order valence-electron chi connectivity index (χ1n) is 24.1. The van der Waals surface area contributed by atoms with Gasteiger partial charge in [-0.15, -0.1) is 0 Å². The van der Waals surface area contributed by atoms with Crippen LogP contribution in [0.5, 0.6) is 0 Å². The van der Waals surface area contributed by atoms with Gasteiger partial charge in [0.25, 0.3) is 0 Å². The zero-order chi connectivity index (χ0) is 48.0. The predicted molar refractivity (Wildman–Crippen MR) is 263 cm³/mol. The van der Waals surface area contributed by atoms with Gasteiger partial charge in [-0.05, 0) is 105 Å². The summed E-state index contributed by atoms with van der Waals surface area (Å²) < 4.78 is 10.8. The van der Waals surface area contributed by atoms with Gasteiger partial charge in [0.1, 0.15) is 12.5 Å². The highest BCUT2D eigenvalue weighted by molar-refractivity contribution is 6.43. The molecule has 66 heavy (non-hydrogen) atoms. The molecule has 1 N–H and O–H groups in total. The molecule has 0 aromatic rings. The minimum absolute atomic E-state index is 0.0363. The average molecular weight is 899 g/mol. The number of allylic oxidation sites excluding steroid dienone is 12. The molecule has 352 valence electrons. The maximum atomic E-state index is 14.4. The van der Waals surface area contributed by atoms with E-state index in [4.69, 9.17) is 29.4 Å². The fourth-order valence-electron chi connectivity index (χ4n) is 10.0. The van der Waals surface area contributed by atoms with Crippen molar-refractivity contribution in [2.75, 3.05) is 13.7 Å². The summed E-state index contributed by atoms with van der Waals surface area (Å²) in [5.41, 5.74) is 8.88. The van der Waals surface area contributed by atoms with E-state index in [1.807, 2.05) is 39.8 Å². The van der Waals surface area contributed by atoms with Crippen LogP contribution in [0.2, 0.25) is 0 Å². The summed E-state index contributed by atoms with van der Waals surface area (Å²) in [5.74, 6) is -2.16. The van der Waals surface area contributed by atoms with E-state index in [9.17, 15) is 24.3 Å². The molecular weight excluding hydrogens is 829 g/mol. The number of ketones is 1. The van der Waals surface area contributed by atoms with Crippen molar-refractivity contribution >= 4 is 46.9 Å².